The topological polar surface area (TPSA) is 78.9 Å². The van der Waals surface area contributed by atoms with Crippen molar-refractivity contribution in [2.45, 2.75) is 304 Å². The van der Waals surface area contributed by atoms with Crippen molar-refractivity contribution in [2.75, 3.05) is 13.2 Å². The van der Waals surface area contributed by atoms with Crippen LogP contribution < -0.4 is 0 Å². The SMILES string of the molecule is CCCCCCCCCCCCCC(=O)O[C@@H](COC(=O)CCCCCCCCCCCCCCCCCCC(C)C)COC(=O)CCCCCCCCCCCC(C)C. The predicted molar refractivity (Wildman–Crippen MR) is 256 cm³/mol. The van der Waals surface area contributed by atoms with Crippen LogP contribution in [0.2, 0.25) is 0 Å². The fourth-order valence-electron chi connectivity index (χ4n) is 8.17. The molecule has 356 valence electrons. The highest BCUT2D eigenvalue weighted by Crippen LogP contribution is 2.18. The molecule has 0 aliphatic rings. The first-order valence-corrected chi connectivity index (χ1v) is 26.7. The molecule has 0 spiro atoms. The third-order valence-electron chi connectivity index (χ3n) is 12.2. The van der Waals surface area contributed by atoms with Gasteiger partial charge in [0.15, 0.2) is 6.10 Å². The maximum Gasteiger partial charge on any atom is 0.306 e. The van der Waals surface area contributed by atoms with Crippen molar-refractivity contribution in [1.29, 1.82) is 0 Å². The van der Waals surface area contributed by atoms with Gasteiger partial charge in [0, 0.05) is 19.3 Å². The minimum atomic E-state index is -0.761. The molecule has 1 atom stereocenters. The van der Waals surface area contributed by atoms with Crippen molar-refractivity contribution in [3.63, 3.8) is 0 Å². The van der Waals surface area contributed by atoms with Crippen molar-refractivity contribution in [3.8, 4) is 0 Å². The summed E-state index contributed by atoms with van der Waals surface area (Å²) in [6.45, 7) is 11.4. The molecule has 6 heteroatoms. The molecule has 0 aromatic heterocycles. The molecule has 0 aliphatic heterocycles. The Hall–Kier alpha value is -1.59. The van der Waals surface area contributed by atoms with Gasteiger partial charge in [0.25, 0.3) is 0 Å². The summed E-state index contributed by atoms with van der Waals surface area (Å²) in [6, 6.07) is 0. The lowest BCUT2D eigenvalue weighted by Gasteiger charge is -2.18. The van der Waals surface area contributed by atoms with Gasteiger partial charge in [-0.25, -0.2) is 0 Å². The molecule has 0 saturated carbocycles. The van der Waals surface area contributed by atoms with Crippen LogP contribution in [-0.2, 0) is 28.6 Å². The summed E-state index contributed by atoms with van der Waals surface area (Å²) in [5.74, 6) is 0.814. The molecule has 0 unspecified atom stereocenters. The number of ether oxygens (including phenoxy) is 3. The van der Waals surface area contributed by atoms with Crippen molar-refractivity contribution in [3.05, 3.63) is 0 Å². The van der Waals surface area contributed by atoms with E-state index in [1.165, 1.54) is 186 Å². The highest BCUT2D eigenvalue weighted by Gasteiger charge is 2.19. The van der Waals surface area contributed by atoms with E-state index < -0.39 is 6.10 Å². The third kappa shape index (κ3) is 47.5. The molecule has 0 aromatic rings. The quantitative estimate of drug-likeness (QED) is 0.0345. The van der Waals surface area contributed by atoms with E-state index in [9.17, 15) is 14.4 Å². The predicted octanol–water partition coefficient (Wildman–Crippen LogP) is 17.3. The molecule has 0 saturated heterocycles. The van der Waals surface area contributed by atoms with Gasteiger partial charge in [-0.15, -0.1) is 0 Å². The fraction of sp³-hybridized carbons (Fsp3) is 0.944. The standard InChI is InChI=1S/C54H104O6/c1-6-7-8-9-10-11-18-25-31-36-41-46-54(57)60-51(48-59-53(56)45-40-35-30-26-21-23-28-33-38-43-50(4)5)47-58-52(55)44-39-34-29-24-20-17-15-13-12-14-16-19-22-27-32-37-42-49(2)3/h49-51H,6-48H2,1-5H3/t51-/m0/s1. The molecule has 0 aliphatic carbocycles. The summed E-state index contributed by atoms with van der Waals surface area (Å²) in [7, 11) is 0. The Morgan fingerprint density at radius 3 is 0.817 bits per heavy atom. The van der Waals surface area contributed by atoms with Crippen molar-refractivity contribution >= 4 is 17.9 Å². The zero-order valence-corrected chi connectivity index (χ0v) is 41.1. The zero-order valence-electron chi connectivity index (χ0n) is 41.1. The summed E-state index contributed by atoms with van der Waals surface area (Å²) in [4.78, 5) is 37.9. The van der Waals surface area contributed by atoms with Gasteiger partial charge >= 0.3 is 17.9 Å². The first kappa shape index (κ1) is 58.4. The van der Waals surface area contributed by atoms with Crippen LogP contribution in [0.5, 0.6) is 0 Å². The van der Waals surface area contributed by atoms with Crippen LogP contribution in [0.25, 0.3) is 0 Å². The molecule has 0 radical (unpaired) electrons. The van der Waals surface area contributed by atoms with Crippen LogP contribution in [0.15, 0.2) is 0 Å². The largest absolute Gasteiger partial charge is 0.462 e. The van der Waals surface area contributed by atoms with E-state index in [2.05, 4.69) is 34.6 Å². The second-order valence-corrected chi connectivity index (χ2v) is 19.5. The van der Waals surface area contributed by atoms with Gasteiger partial charge in [-0.05, 0) is 31.1 Å². The molecule has 0 amide bonds. The number of unbranched alkanes of at least 4 members (excludes halogenated alkanes) is 33. The number of carbonyl (C=O) groups is 3. The van der Waals surface area contributed by atoms with Crippen LogP contribution in [-0.4, -0.2) is 37.2 Å². The Morgan fingerprint density at radius 1 is 0.317 bits per heavy atom. The van der Waals surface area contributed by atoms with E-state index in [1.54, 1.807) is 0 Å². The monoisotopic (exact) mass is 849 g/mol. The normalized spacial score (nSPS) is 12.1. The molecular formula is C54H104O6. The Morgan fingerprint density at radius 2 is 0.550 bits per heavy atom. The molecule has 6 nitrogen and oxygen atoms in total. The highest BCUT2D eigenvalue weighted by atomic mass is 16.6. The van der Waals surface area contributed by atoms with Crippen molar-refractivity contribution < 1.29 is 28.6 Å². The summed E-state index contributed by atoms with van der Waals surface area (Å²) in [5, 5.41) is 0. The smallest absolute Gasteiger partial charge is 0.306 e. The second-order valence-electron chi connectivity index (χ2n) is 19.5. The maximum atomic E-state index is 12.8. The summed E-state index contributed by atoms with van der Waals surface area (Å²) >= 11 is 0. The first-order valence-electron chi connectivity index (χ1n) is 26.7. The number of hydrogen-bond donors (Lipinski definition) is 0. The molecule has 0 N–H and O–H groups in total. The summed E-state index contributed by atoms with van der Waals surface area (Å²) < 4.78 is 16.8. The zero-order chi connectivity index (χ0) is 44.0. The van der Waals surface area contributed by atoms with Crippen LogP contribution >= 0.6 is 0 Å². The maximum absolute atomic E-state index is 12.8. The number of carbonyl (C=O) groups excluding carboxylic acids is 3. The minimum Gasteiger partial charge on any atom is -0.462 e. The molecular weight excluding hydrogens is 745 g/mol. The van der Waals surface area contributed by atoms with Crippen LogP contribution in [0.4, 0.5) is 0 Å². The van der Waals surface area contributed by atoms with Gasteiger partial charge in [-0.3, -0.25) is 14.4 Å². The van der Waals surface area contributed by atoms with Gasteiger partial charge in [0.2, 0.25) is 0 Å². The van der Waals surface area contributed by atoms with Crippen LogP contribution in [0.1, 0.15) is 298 Å². The van der Waals surface area contributed by atoms with E-state index in [0.717, 1.165) is 69.6 Å². The number of esters is 3. The first-order chi connectivity index (χ1) is 29.2. The Balaban J connectivity index is 4.24. The molecule has 0 bridgehead atoms. The third-order valence-corrected chi connectivity index (χ3v) is 12.2. The van der Waals surface area contributed by atoms with Crippen molar-refractivity contribution in [1.82, 2.24) is 0 Å². The van der Waals surface area contributed by atoms with Gasteiger partial charge in [-0.1, -0.05) is 259 Å². The van der Waals surface area contributed by atoms with E-state index in [1.807, 2.05) is 0 Å². The van der Waals surface area contributed by atoms with Gasteiger partial charge in [0.05, 0.1) is 0 Å². The average molecular weight is 849 g/mol. The Kier molecular flexibility index (Phi) is 45.7. The lowest BCUT2D eigenvalue weighted by Crippen LogP contribution is -2.30. The van der Waals surface area contributed by atoms with Gasteiger partial charge in [-0.2, -0.15) is 0 Å². The summed E-state index contributed by atoms with van der Waals surface area (Å²) in [5.41, 5.74) is 0. The summed E-state index contributed by atoms with van der Waals surface area (Å²) in [6.07, 6.45) is 48.1. The van der Waals surface area contributed by atoms with E-state index >= 15 is 0 Å². The van der Waals surface area contributed by atoms with Crippen molar-refractivity contribution in [2.24, 2.45) is 11.8 Å². The molecule has 0 fully saturated rings. The lowest BCUT2D eigenvalue weighted by atomic mass is 10.0. The van der Waals surface area contributed by atoms with Gasteiger partial charge < -0.3 is 14.2 Å². The lowest BCUT2D eigenvalue weighted by molar-refractivity contribution is -0.167. The van der Waals surface area contributed by atoms with Gasteiger partial charge in [0.1, 0.15) is 13.2 Å². The molecule has 60 heavy (non-hydrogen) atoms. The van der Waals surface area contributed by atoms with E-state index in [4.69, 9.17) is 14.2 Å². The van der Waals surface area contributed by atoms with Crippen LogP contribution in [0, 0.1) is 11.8 Å². The molecule has 0 heterocycles. The number of hydrogen-bond acceptors (Lipinski definition) is 6. The highest BCUT2D eigenvalue weighted by molar-refractivity contribution is 5.71. The second kappa shape index (κ2) is 46.9. The minimum absolute atomic E-state index is 0.0635. The van der Waals surface area contributed by atoms with Crippen LogP contribution in [0.3, 0.4) is 0 Å². The Labute approximate surface area is 374 Å². The molecule has 0 rings (SSSR count). The molecule has 0 aromatic carbocycles. The fourth-order valence-corrected chi connectivity index (χ4v) is 8.17. The van der Waals surface area contributed by atoms with E-state index in [0.29, 0.717) is 19.3 Å². The van der Waals surface area contributed by atoms with E-state index in [-0.39, 0.29) is 31.1 Å². The Bertz CT molecular complexity index is 916. The number of rotatable bonds is 48. The average Bonchev–Trinajstić information content (AvgIpc) is 3.22.